The molecule has 118 valence electrons. The van der Waals surface area contributed by atoms with Crippen LogP contribution >= 0.6 is 0 Å². The van der Waals surface area contributed by atoms with E-state index in [4.69, 9.17) is 0 Å². The third kappa shape index (κ3) is 4.39. The first-order valence-electron chi connectivity index (χ1n) is 6.73. The minimum atomic E-state index is -3.37. The second-order valence-electron chi connectivity index (χ2n) is 5.10. The van der Waals surface area contributed by atoms with Crippen LogP contribution in [0.3, 0.4) is 0 Å². The lowest BCUT2D eigenvalue weighted by Crippen LogP contribution is -2.36. The van der Waals surface area contributed by atoms with Crippen molar-refractivity contribution in [2.24, 2.45) is 0 Å². The number of rotatable bonds is 6. The topological polar surface area (TPSA) is 93.9 Å². The smallest absolute Gasteiger partial charge is 0.238 e. The molecule has 7 nitrogen and oxygen atoms in total. The third-order valence-electron chi connectivity index (χ3n) is 3.31. The van der Waals surface area contributed by atoms with Gasteiger partial charge in [0.15, 0.2) is 9.84 Å². The lowest BCUT2D eigenvalue weighted by molar-refractivity contribution is -0.120. The van der Waals surface area contributed by atoms with Gasteiger partial charge in [-0.2, -0.15) is 5.10 Å². The molecule has 2 rings (SSSR count). The van der Waals surface area contributed by atoms with E-state index in [9.17, 15) is 13.2 Å². The molecule has 0 spiro atoms. The number of nitrogens with zero attached hydrogens (tertiary/aromatic N) is 3. The lowest BCUT2D eigenvalue weighted by atomic mass is 10.1. The van der Waals surface area contributed by atoms with Gasteiger partial charge in [0.2, 0.25) is 5.91 Å². The number of hydrogen-bond acceptors (Lipinski definition) is 5. The number of amides is 1. The maximum absolute atomic E-state index is 11.7. The van der Waals surface area contributed by atoms with Crippen LogP contribution in [0.15, 0.2) is 36.9 Å². The van der Waals surface area contributed by atoms with Crippen LogP contribution in [0, 0.1) is 0 Å². The van der Waals surface area contributed by atoms with Gasteiger partial charge in [0, 0.05) is 12.8 Å². The van der Waals surface area contributed by atoms with Crippen LogP contribution in [0.4, 0.5) is 0 Å². The molecule has 0 aliphatic rings. The molecule has 1 aromatic heterocycles. The number of benzene rings is 1. The van der Waals surface area contributed by atoms with Gasteiger partial charge in [0.25, 0.3) is 0 Å². The lowest BCUT2D eigenvalue weighted by Gasteiger charge is -2.10. The Bertz CT molecular complexity index is 724. The summed E-state index contributed by atoms with van der Waals surface area (Å²) in [6.45, 7) is 2.30. The predicted octanol–water partition coefficient (Wildman–Crippen LogP) is 0.376. The summed E-state index contributed by atoms with van der Waals surface area (Å²) < 4.78 is 24.3. The van der Waals surface area contributed by atoms with Crippen molar-refractivity contribution < 1.29 is 13.2 Å². The summed E-state index contributed by atoms with van der Waals surface area (Å²) in [4.78, 5) is 15.6. The molecule has 1 atom stereocenters. The molecule has 8 heteroatoms. The molecule has 2 aromatic rings. The summed E-state index contributed by atoms with van der Waals surface area (Å²) in [6, 6.07) is 7.64. The Morgan fingerprint density at radius 3 is 2.45 bits per heavy atom. The number of carbonyl (C=O) groups excluding carboxylic acids is 1. The molecule has 0 radical (unpaired) electrons. The van der Waals surface area contributed by atoms with Crippen molar-refractivity contribution in [3.05, 3.63) is 48.0 Å². The van der Waals surface area contributed by atoms with Crippen LogP contribution in [0.5, 0.6) is 0 Å². The van der Waals surface area contributed by atoms with Crippen LogP contribution < -0.4 is 5.32 Å². The molecule has 1 heterocycles. The summed E-state index contributed by atoms with van der Waals surface area (Å²) >= 11 is 0. The average molecular weight is 322 g/mol. The number of sulfone groups is 1. The first-order valence-corrected chi connectivity index (χ1v) is 8.68. The summed E-state index contributed by atoms with van der Waals surface area (Å²) in [5, 5.41) is 5.61. The monoisotopic (exact) mass is 322 g/mol. The van der Waals surface area contributed by atoms with E-state index in [0.717, 1.165) is 17.4 Å². The number of hydrogen-bond donors (Lipinski definition) is 1. The van der Waals surface area contributed by atoms with Crippen molar-refractivity contribution in [3.8, 4) is 0 Å². The molecule has 1 unspecified atom stereocenters. The van der Waals surface area contributed by atoms with Crippen molar-refractivity contribution in [1.29, 1.82) is 0 Å². The fourth-order valence-corrected chi connectivity index (χ4v) is 2.26. The van der Waals surface area contributed by atoms with E-state index in [1.807, 2.05) is 24.3 Å². The summed E-state index contributed by atoms with van der Waals surface area (Å²) in [5.41, 5.74) is 1.96. The minimum Gasteiger partial charge on any atom is -0.351 e. The fraction of sp³-hybridized carbons (Fsp3) is 0.357. The zero-order valence-electron chi connectivity index (χ0n) is 12.4. The van der Waals surface area contributed by atoms with E-state index in [1.54, 1.807) is 11.0 Å². The van der Waals surface area contributed by atoms with Crippen molar-refractivity contribution in [3.63, 3.8) is 0 Å². The minimum absolute atomic E-state index is 0.294. The van der Waals surface area contributed by atoms with Gasteiger partial charge in [0.1, 0.15) is 17.9 Å². The van der Waals surface area contributed by atoms with Crippen LogP contribution in [0.1, 0.15) is 18.1 Å². The molecule has 1 aromatic carbocycles. The Kier molecular flexibility index (Phi) is 4.92. The van der Waals surface area contributed by atoms with Crippen LogP contribution in [-0.4, -0.2) is 40.6 Å². The second-order valence-corrected chi connectivity index (χ2v) is 7.47. The molecule has 0 saturated heterocycles. The second kappa shape index (κ2) is 6.69. The van der Waals surface area contributed by atoms with Gasteiger partial charge < -0.3 is 5.32 Å². The SMILES string of the molecule is CC(C(=O)NCc1ccc(Cn2cncn2)cc1)S(C)(=O)=O. The largest absolute Gasteiger partial charge is 0.351 e. The summed E-state index contributed by atoms with van der Waals surface area (Å²) in [7, 11) is -3.37. The molecule has 0 aliphatic carbocycles. The zero-order valence-corrected chi connectivity index (χ0v) is 13.2. The highest BCUT2D eigenvalue weighted by atomic mass is 32.2. The van der Waals surface area contributed by atoms with Gasteiger partial charge >= 0.3 is 0 Å². The van der Waals surface area contributed by atoms with Gasteiger partial charge in [-0.05, 0) is 18.1 Å². The van der Waals surface area contributed by atoms with Gasteiger partial charge in [-0.1, -0.05) is 24.3 Å². The number of nitrogens with one attached hydrogen (secondary N) is 1. The Labute approximate surface area is 129 Å². The van der Waals surface area contributed by atoms with Crippen LogP contribution in [-0.2, 0) is 27.7 Å². The number of carbonyl (C=O) groups is 1. The predicted molar refractivity (Wildman–Crippen MR) is 81.7 cm³/mol. The van der Waals surface area contributed by atoms with Gasteiger partial charge in [-0.25, -0.2) is 18.1 Å². The van der Waals surface area contributed by atoms with Gasteiger partial charge in [0.05, 0.1) is 6.54 Å². The first kappa shape index (κ1) is 16.2. The highest BCUT2D eigenvalue weighted by Gasteiger charge is 2.22. The van der Waals surface area contributed by atoms with E-state index in [1.165, 1.54) is 13.3 Å². The molecule has 0 bridgehead atoms. The molecule has 0 aliphatic heterocycles. The molecule has 0 saturated carbocycles. The van der Waals surface area contributed by atoms with E-state index in [0.29, 0.717) is 13.1 Å². The van der Waals surface area contributed by atoms with Crippen molar-refractivity contribution in [2.45, 2.75) is 25.3 Å². The molecule has 0 fully saturated rings. The molecule has 22 heavy (non-hydrogen) atoms. The maximum atomic E-state index is 11.7. The van der Waals surface area contributed by atoms with E-state index in [-0.39, 0.29) is 0 Å². The third-order valence-corrected chi connectivity index (χ3v) is 4.81. The van der Waals surface area contributed by atoms with E-state index in [2.05, 4.69) is 15.4 Å². The Balaban J connectivity index is 1.90. The normalized spacial score (nSPS) is 12.8. The van der Waals surface area contributed by atoms with Crippen LogP contribution in [0.2, 0.25) is 0 Å². The van der Waals surface area contributed by atoms with Crippen molar-refractivity contribution >= 4 is 15.7 Å². The first-order chi connectivity index (χ1) is 10.4. The molecular formula is C14H18N4O3S. The molecule has 1 N–H and O–H groups in total. The van der Waals surface area contributed by atoms with Crippen molar-refractivity contribution in [2.75, 3.05) is 6.26 Å². The highest BCUT2D eigenvalue weighted by molar-refractivity contribution is 7.92. The van der Waals surface area contributed by atoms with Gasteiger partial charge in [-0.3, -0.25) is 4.79 Å². The van der Waals surface area contributed by atoms with Crippen molar-refractivity contribution in [1.82, 2.24) is 20.1 Å². The van der Waals surface area contributed by atoms with Crippen LogP contribution in [0.25, 0.3) is 0 Å². The standard InChI is InChI=1S/C14H18N4O3S/c1-11(22(2,20)21)14(19)16-7-12-3-5-13(6-4-12)8-18-10-15-9-17-18/h3-6,9-11H,7-8H2,1-2H3,(H,16,19). The fourth-order valence-electron chi connectivity index (χ4n) is 1.79. The highest BCUT2D eigenvalue weighted by Crippen LogP contribution is 2.06. The quantitative estimate of drug-likeness (QED) is 0.829. The number of aromatic nitrogens is 3. The molecular weight excluding hydrogens is 304 g/mol. The molecule has 1 amide bonds. The maximum Gasteiger partial charge on any atom is 0.238 e. The summed E-state index contributed by atoms with van der Waals surface area (Å²) in [5.74, 6) is -0.491. The zero-order chi connectivity index (χ0) is 16.2. The Hall–Kier alpha value is -2.22. The summed E-state index contributed by atoms with van der Waals surface area (Å²) in [6.07, 6.45) is 4.17. The van der Waals surface area contributed by atoms with E-state index >= 15 is 0 Å². The Morgan fingerprint density at radius 1 is 1.27 bits per heavy atom. The Morgan fingerprint density at radius 2 is 1.91 bits per heavy atom. The average Bonchev–Trinajstić information content (AvgIpc) is 2.97. The van der Waals surface area contributed by atoms with E-state index < -0.39 is 21.0 Å². The van der Waals surface area contributed by atoms with Gasteiger partial charge in [-0.15, -0.1) is 0 Å².